The molecule has 2 aromatic rings. The van der Waals surface area contributed by atoms with Crippen molar-refractivity contribution in [3.63, 3.8) is 0 Å². The van der Waals surface area contributed by atoms with Crippen LogP contribution in [0.4, 0.5) is 0 Å². The molecule has 0 saturated heterocycles. The summed E-state index contributed by atoms with van der Waals surface area (Å²) in [5, 5.41) is 98.1. The van der Waals surface area contributed by atoms with Crippen molar-refractivity contribution in [3.8, 4) is 5.75 Å². The molecule has 0 bridgehead atoms. The summed E-state index contributed by atoms with van der Waals surface area (Å²) in [6, 6.07) is 13.1. The van der Waals surface area contributed by atoms with Gasteiger partial charge in [0, 0.05) is 64.4 Å². The van der Waals surface area contributed by atoms with Gasteiger partial charge in [-0.05, 0) is 56.5 Å². The van der Waals surface area contributed by atoms with Gasteiger partial charge in [0.15, 0.2) is 0 Å². The standard InChI is InChI=1S/C23H33N3O11.C22H32N3O9.Gd/c1-2-37-18-5-3-16(4-6-18)9-17(26(14-22(33)34)15-23(35)36)10-24(11-19(27)28)7-8-25(12-20(29)30)13-21(31)32;1-16-2-4-17(5-3-16)10-18(25(8-9-26)15-22(33)34)11-23(12-19(27)28)6-7-24(13-20(29)30)14-21(31)32;/h3-6,17H,2,7-15H2,1H3,(H,27,28)(H,29,30)(H,31,32)(H,33,34)(H,35,36);2-5,18H,6-15H2,1H3,(H,27,28)(H,29,30)(H,31,32)(H,33,34);/q;-1;+3/p-2/t17-;18-;/m00./s1. The van der Waals surface area contributed by atoms with Gasteiger partial charge in [0.1, 0.15) is 5.75 Å². The largest absolute Gasteiger partial charge is 3.00 e. The molecule has 2 aromatic carbocycles. The van der Waals surface area contributed by atoms with Gasteiger partial charge < -0.3 is 65.4 Å². The van der Waals surface area contributed by atoms with E-state index in [1.54, 1.807) is 24.3 Å². The Morgan fingerprint density at radius 1 is 0.472 bits per heavy atom. The Morgan fingerprint density at radius 3 is 1.17 bits per heavy atom. The maximum atomic E-state index is 11.5. The van der Waals surface area contributed by atoms with Gasteiger partial charge in [-0.1, -0.05) is 42.0 Å². The molecule has 2 atom stereocenters. The molecule has 401 valence electrons. The van der Waals surface area contributed by atoms with Crippen molar-refractivity contribution in [2.45, 2.75) is 38.8 Å². The van der Waals surface area contributed by atoms with E-state index in [1.165, 1.54) is 19.6 Å². The van der Waals surface area contributed by atoms with Crippen LogP contribution in [-0.2, 0) is 56.0 Å². The van der Waals surface area contributed by atoms with Crippen molar-refractivity contribution in [2.75, 3.05) is 118 Å². The van der Waals surface area contributed by atoms with Crippen LogP contribution < -0.4 is 20.1 Å². The van der Waals surface area contributed by atoms with Crippen LogP contribution in [0, 0.1) is 46.9 Å². The van der Waals surface area contributed by atoms with Crippen LogP contribution in [-0.4, -0.2) is 249 Å². The van der Waals surface area contributed by atoms with Crippen molar-refractivity contribution >= 4 is 53.7 Å². The van der Waals surface area contributed by atoms with Crippen molar-refractivity contribution in [3.05, 3.63) is 65.2 Å². The Morgan fingerprint density at radius 2 is 0.792 bits per heavy atom. The number of nitrogens with zero attached hydrogens (tertiary/aromatic N) is 6. The molecule has 7 N–H and O–H groups in total. The molecule has 0 heterocycles. The molecule has 0 aliphatic carbocycles. The smallest absolute Gasteiger partial charge is 0.854 e. The van der Waals surface area contributed by atoms with E-state index in [4.69, 9.17) is 20.1 Å². The van der Waals surface area contributed by atoms with Gasteiger partial charge in [0.2, 0.25) is 0 Å². The molecular formula is C45H63GdN6O20. The summed E-state index contributed by atoms with van der Waals surface area (Å²) in [5.41, 5.74) is 2.60. The van der Waals surface area contributed by atoms with E-state index in [-0.39, 0.29) is 92.2 Å². The number of aryl methyl sites for hydroxylation is 1. The van der Waals surface area contributed by atoms with Crippen LogP contribution in [0.25, 0.3) is 0 Å². The molecule has 0 aromatic heterocycles. The number of aliphatic carboxylic acids is 9. The van der Waals surface area contributed by atoms with E-state index in [0.717, 1.165) is 26.5 Å². The minimum atomic E-state index is -1.48. The van der Waals surface area contributed by atoms with E-state index in [0.29, 0.717) is 18.8 Å². The average Bonchev–Trinajstić information content (AvgIpc) is 3.23. The number of carbonyl (C=O) groups is 9. The fraction of sp³-hybridized carbons (Fsp3) is 0.533. The van der Waals surface area contributed by atoms with E-state index >= 15 is 0 Å². The monoisotopic (exact) mass is 1170 g/mol. The molecule has 0 saturated carbocycles. The molecule has 0 fully saturated rings. The van der Waals surface area contributed by atoms with Gasteiger partial charge in [-0.15, -0.1) is 6.61 Å². The first-order chi connectivity index (χ1) is 33.4. The summed E-state index contributed by atoms with van der Waals surface area (Å²) in [7, 11) is 0. The molecule has 27 heteroatoms. The third kappa shape index (κ3) is 31.8. The van der Waals surface area contributed by atoms with Crippen molar-refractivity contribution in [2.24, 2.45) is 0 Å². The van der Waals surface area contributed by atoms with E-state index in [2.05, 4.69) is 0 Å². The van der Waals surface area contributed by atoms with E-state index in [9.17, 15) is 78.9 Å². The summed E-state index contributed by atoms with van der Waals surface area (Å²) in [6.07, 6.45) is 0.506. The Balaban J connectivity index is 0.00000139. The SMILES string of the molecule is CCOc1ccc(C[C@@H](CN(CCN(CC(=O)O)CC(=O)O)CC(=O)O)N(CC(=O)O)CC(=O)O)cc1.Cc1ccc(C[C@@H](CN(CCN(CC(=O)[O-])CC(=O)O)CC(=O)[O-])N(CC[O-])CC(=O)O)cc1.[Gd+3]. The fourth-order valence-corrected chi connectivity index (χ4v) is 7.31. The molecule has 0 amide bonds. The number of hydrogen-bond donors (Lipinski definition) is 7. The normalized spacial score (nSPS) is 12.0. The van der Waals surface area contributed by atoms with Crippen LogP contribution in [0.2, 0.25) is 0 Å². The number of carboxylic acid groups (broad SMARTS) is 9. The molecule has 1 radical (unpaired) electrons. The number of carboxylic acids is 9. The number of ether oxygens (including phenoxy) is 1. The van der Waals surface area contributed by atoms with Crippen molar-refractivity contribution in [1.82, 2.24) is 29.4 Å². The van der Waals surface area contributed by atoms with Gasteiger partial charge >= 0.3 is 81.7 Å². The van der Waals surface area contributed by atoms with E-state index < -0.39 is 131 Å². The van der Waals surface area contributed by atoms with E-state index in [1.807, 2.05) is 38.1 Å². The first-order valence-corrected chi connectivity index (χ1v) is 22.0. The Labute approximate surface area is 447 Å². The summed E-state index contributed by atoms with van der Waals surface area (Å²) in [6.45, 7) is -1.86. The summed E-state index contributed by atoms with van der Waals surface area (Å²) >= 11 is 0. The van der Waals surface area contributed by atoms with Gasteiger partial charge in [0.05, 0.1) is 64.4 Å². The molecular weight excluding hydrogens is 1100 g/mol. The minimum Gasteiger partial charge on any atom is -0.854 e. The molecule has 72 heavy (non-hydrogen) atoms. The van der Waals surface area contributed by atoms with Crippen LogP contribution in [0.3, 0.4) is 0 Å². The maximum Gasteiger partial charge on any atom is 3.00 e. The zero-order valence-electron chi connectivity index (χ0n) is 39.9. The van der Waals surface area contributed by atoms with Crippen LogP contribution in [0.1, 0.15) is 23.6 Å². The number of rotatable bonds is 38. The number of benzene rings is 2. The zero-order chi connectivity index (χ0) is 53.6. The number of carbonyl (C=O) groups excluding carboxylic acids is 2. The number of hydrogen-bond acceptors (Lipinski definition) is 19. The first kappa shape index (κ1) is 66.5. The first-order valence-electron chi connectivity index (χ1n) is 22.0. The van der Waals surface area contributed by atoms with Gasteiger partial charge in [0.25, 0.3) is 0 Å². The second kappa shape index (κ2) is 36.4. The van der Waals surface area contributed by atoms with Gasteiger partial charge in [-0.25, -0.2) is 0 Å². The fourth-order valence-electron chi connectivity index (χ4n) is 7.31. The van der Waals surface area contributed by atoms with Crippen LogP contribution in [0.5, 0.6) is 5.75 Å². The topological polar surface area (TPSA) is 393 Å². The molecule has 26 nitrogen and oxygen atoms in total. The van der Waals surface area contributed by atoms with Crippen LogP contribution >= 0.6 is 0 Å². The molecule has 0 aliphatic heterocycles. The second-order valence-corrected chi connectivity index (χ2v) is 16.2. The van der Waals surface area contributed by atoms with Crippen molar-refractivity contribution < 1.29 is 139 Å². The average molecular weight is 1170 g/mol. The van der Waals surface area contributed by atoms with Gasteiger partial charge in [-0.2, -0.15) is 0 Å². The molecule has 0 spiro atoms. The zero-order valence-corrected chi connectivity index (χ0v) is 42.2. The predicted octanol–water partition coefficient (Wildman–Crippen LogP) is -4.83. The third-order valence-corrected chi connectivity index (χ3v) is 10.3. The maximum absolute atomic E-state index is 11.5. The van der Waals surface area contributed by atoms with Crippen LogP contribution in [0.15, 0.2) is 48.5 Å². The quantitative estimate of drug-likeness (QED) is 0.0332. The predicted molar refractivity (Wildman–Crippen MR) is 241 cm³/mol. The minimum absolute atomic E-state index is 0. The summed E-state index contributed by atoms with van der Waals surface area (Å²) in [5.74, 6) is -10.9. The summed E-state index contributed by atoms with van der Waals surface area (Å²) < 4.78 is 5.41. The Hall–Kier alpha value is -5.49. The van der Waals surface area contributed by atoms with Crippen molar-refractivity contribution in [1.29, 1.82) is 0 Å². The third-order valence-electron chi connectivity index (χ3n) is 10.3. The Bertz CT molecular complexity index is 1980. The summed E-state index contributed by atoms with van der Waals surface area (Å²) in [4.78, 5) is 109. The molecule has 2 rings (SSSR count). The molecule has 0 unspecified atom stereocenters. The second-order valence-electron chi connectivity index (χ2n) is 16.2. The van der Waals surface area contributed by atoms with Gasteiger partial charge in [-0.3, -0.25) is 63.0 Å². The Kier molecular flexibility index (Phi) is 33.7. The molecule has 0 aliphatic rings.